The summed E-state index contributed by atoms with van der Waals surface area (Å²) in [6.45, 7) is 0.917. The monoisotopic (exact) mass is 259 g/mol. The summed E-state index contributed by atoms with van der Waals surface area (Å²) in [7, 11) is 0. The number of amides is 3. The molecule has 3 amide bonds. The molecule has 0 bridgehead atoms. The molecule has 0 saturated carbocycles. The minimum Gasteiger partial charge on any atom is -0.481 e. The van der Waals surface area contributed by atoms with Crippen LogP contribution in [0.1, 0.15) is 6.42 Å². The summed E-state index contributed by atoms with van der Waals surface area (Å²) in [4.78, 5) is 34.1. The smallest absolute Gasteiger partial charge is 0.317 e. The molecule has 0 radical (unpaired) electrons. The van der Waals surface area contributed by atoms with Crippen LogP contribution in [0.15, 0.2) is 0 Å². The summed E-state index contributed by atoms with van der Waals surface area (Å²) in [5.74, 6) is -1.93. The van der Waals surface area contributed by atoms with Gasteiger partial charge in [0.05, 0.1) is 12.5 Å². The minimum atomic E-state index is -0.880. The molecule has 8 nitrogen and oxygen atoms in total. The molecule has 1 fully saturated rings. The summed E-state index contributed by atoms with van der Waals surface area (Å²) in [5, 5.41) is 11.4. The van der Waals surface area contributed by atoms with Gasteiger partial charge in [0, 0.05) is 19.6 Å². The third-order valence-electron chi connectivity index (χ3n) is 2.59. The van der Waals surface area contributed by atoms with Crippen LogP contribution < -0.4 is 11.1 Å². The lowest BCUT2D eigenvalue weighted by Crippen LogP contribution is -2.40. The normalized spacial score (nSPS) is 18.7. The van der Waals surface area contributed by atoms with Gasteiger partial charge in [-0.3, -0.25) is 9.59 Å². The van der Waals surface area contributed by atoms with E-state index in [1.165, 1.54) is 4.90 Å². The zero-order chi connectivity index (χ0) is 13.5. The Morgan fingerprint density at radius 2 is 2.17 bits per heavy atom. The van der Waals surface area contributed by atoms with Crippen LogP contribution in [-0.2, 0) is 14.3 Å². The van der Waals surface area contributed by atoms with Crippen LogP contribution in [0.3, 0.4) is 0 Å². The first-order valence-electron chi connectivity index (χ1n) is 5.62. The van der Waals surface area contributed by atoms with E-state index in [9.17, 15) is 14.4 Å². The van der Waals surface area contributed by atoms with E-state index in [1.807, 2.05) is 0 Å². The summed E-state index contributed by atoms with van der Waals surface area (Å²) < 4.78 is 4.87. The van der Waals surface area contributed by atoms with E-state index >= 15 is 0 Å². The van der Waals surface area contributed by atoms with Crippen molar-refractivity contribution in [3.05, 3.63) is 0 Å². The van der Waals surface area contributed by atoms with Gasteiger partial charge in [-0.2, -0.15) is 0 Å². The highest BCUT2D eigenvalue weighted by Gasteiger charge is 2.30. The van der Waals surface area contributed by atoms with E-state index < -0.39 is 17.8 Å². The molecule has 0 aromatic rings. The minimum absolute atomic E-state index is 0.180. The van der Waals surface area contributed by atoms with Crippen LogP contribution >= 0.6 is 0 Å². The summed E-state index contributed by atoms with van der Waals surface area (Å²) >= 11 is 0. The highest BCUT2D eigenvalue weighted by Crippen LogP contribution is 2.15. The lowest BCUT2D eigenvalue weighted by atomic mass is 10.1. The molecule has 1 heterocycles. The maximum atomic E-state index is 11.6. The molecule has 8 heteroatoms. The van der Waals surface area contributed by atoms with Gasteiger partial charge in [0.2, 0.25) is 5.91 Å². The van der Waals surface area contributed by atoms with E-state index in [2.05, 4.69) is 5.32 Å². The Kier molecular flexibility index (Phi) is 5.37. The van der Waals surface area contributed by atoms with Crippen molar-refractivity contribution in [1.82, 2.24) is 10.2 Å². The molecule has 102 valence electrons. The molecule has 18 heavy (non-hydrogen) atoms. The Hall–Kier alpha value is -1.83. The molecule has 0 spiro atoms. The van der Waals surface area contributed by atoms with Gasteiger partial charge in [-0.1, -0.05) is 0 Å². The van der Waals surface area contributed by atoms with Crippen molar-refractivity contribution in [3.8, 4) is 0 Å². The number of carboxylic acid groups (broad SMARTS) is 1. The number of likely N-dealkylation sites (tertiary alicyclic amines) is 1. The maximum absolute atomic E-state index is 11.6. The molecule has 1 rings (SSSR count). The predicted molar refractivity (Wildman–Crippen MR) is 60.7 cm³/mol. The van der Waals surface area contributed by atoms with E-state index in [1.54, 1.807) is 0 Å². The highest BCUT2D eigenvalue weighted by atomic mass is 16.5. The van der Waals surface area contributed by atoms with Crippen LogP contribution in [-0.4, -0.2) is 60.8 Å². The number of aliphatic carboxylic acids is 1. The van der Waals surface area contributed by atoms with Crippen molar-refractivity contribution in [2.45, 2.75) is 6.42 Å². The lowest BCUT2D eigenvalue weighted by Gasteiger charge is -2.16. The Bertz CT molecular complexity index is 333. The first kappa shape index (κ1) is 14.2. The summed E-state index contributed by atoms with van der Waals surface area (Å²) in [5.41, 5.74) is 4.86. The van der Waals surface area contributed by atoms with Crippen molar-refractivity contribution in [1.29, 1.82) is 0 Å². The molecule has 0 aliphatic carbocycles. The standard InChI is InChI=1S/C10H17N3O5/c11-8(14)6-18-4-2-12-10(17)13-3-1-7(5-13)9(15)16/h7H,1-6H2,(H2,11,14)(H,12,17)(H,15,16). The van der Waals surface area contributed by atoms with Gasteiger partial charge in [0.25, 0.3) is 0 Å². The second kappa shape index (κ2) is 6.80. The van der Waals surface area contributed by atoms with E-state index in [0.717, 1.165) is 0 Å². The molecule has 1 saturated heterocycles. The van der Waals surface area contributed by atoms with Crippen LogP contribution in [0.2, 0.25) is 0 Å². The molecular weight excluding hydrogens is 242 g/mol. The van der Waals surface area contributed by atoms with Crippen molar-refractivity contribution in [2.75, 3.05) is 32.8 Å². The molecule has 1 aliphatic rings. The third-order valence-corrected chi connectivity index (χ3v) is 2.59. The van der Waals surface area contributed by atoms with E-state index in [0.29, 0.717) is 13.0 Å². The van der Waals surface area contributed by atoms with Crippen molar-refractivity contribution in [3.63, 3.8) is 0 Å². The number of nitrogens with zero attached hydrogens (tertiary/aromatic N) is 1. The molecule has 0 aromatic heterocycles. The van der Waals surface area contributed by atoms with Crippen molar-refractivity contribution < 1.29 is 24.2 Å². The number of nitrogens with two attached hydrogens (primary N) is 1. The van der Waals surface area contributed by atoms with E-state index in [4.69, 9.17) is 15.6 Å². The number of urea groups is 1. The van der Waals surface area contributed by atoms with Gasteiger partial charge in [-0.25, -0.2) is 4.79 Å². The number of rotatable bonds is 6. The Morgan fingerprint density at radius 1 is 1.44 bits per heavy atom. The second-order valence-corrected chi connectivity index (χ2v) is 4.02. The molecular formula is C10H17N3O5. The van der Waals surface area contributed by atoms with E-state index in [-0.39, 0.29) is 32.3 Å². The Labute approximate surface area is 104 Å². The zero-order valence-corrected chi connectivity index (χ0v) is 9.92. The fraction of sp³-hybridized carbons (Fsp3) is 0.700. The SMILES string of the molecule is NC(=O)COCCNC(=O)N1CCC(C(=O)O)C1. The van der Waals surface area contributed by atoms with Gasteiger partial charge in [-0.15, -0.1) is 0 Å². The van der Waals surface area contributed by atoms with Crippen molar-refractivity contribution in [2.24, 2.45) is 11.7 Å². The first-order chi connectivity index (χ1) is 8.50. The van der Waals surface area contributed by atoms with Crippen LogP contribution in [0.4, 0.5) is 4.79 Å². The van der Waals surface area contributed by atoms with Gasteiger partial charge in [-0.05, 0) is 6.42 Å². The number of carbonyl (C=O) groups is 3. The first-order valence-corrected chi connectivity index (χ1v) is 5.62. The number of hydrogen-bond donors (Lipinski definition) is 3. The predicted octanol–water partition coefficient (Wildman–Crippen LogP) is -1.40. The number of carboxylic acids is 1. The van der Waals surface area contributed by atoms with Crippen LogP contribution in [0.5, 0.6) is 0 Å². The maximum Gasteiger partial charge on any atom is 0.317 e. The average Bonchev–Trinajstić information content (AvgIpc) is 2.77. The number of carbonyl (C=O) groups excluding carboxylic acids is 2. The summed E-state index contributed by atoms with van der Waals surface area (Å²) in [6.07, 6.45) is 0.473. The van der Waals surface area contributed by atoms with Crippen LogP contribution in [0.25, 0.3) is 0 Å². The largest absolute Gasteiger partial charge is 0.481 e. The van der Waals surface area contributed by atoms with Gasteiger partial charge < -0.3 is 25.8 Å². The van der Waals surface area contributed by atoms with Crippen molar-refractivity contribution >= 4 is 17.9 Å². The van der Waals surface area contributed by atoms with Gasteiger partial charge in [0.15, 0.2) is 0 Å². The lowest BCUT2D eigenvalue weighted by molar-refractivity contribution is -0.141. The zero-order valence-electron chi connectivity index (χ0n) is 9.92. The molecule has 0 aromatic carbocycles. The van der Waals surface area contributed by atoms with Gasteiger partial charge in [0.1, 0.15) is 6.61 Å². The fourth-order valence-corrected chi connectivity index (χ4v) is 1.66. The fourth-order valence-electron chi connectivity index (χ4n) is 1.66. The molecule has 1 aliphatic heterocycles. The molecule has 1 unspecified atom stereocenters. The topological polar surface area (TPSA) is 122 Å². The highest BCUT2D eigenvalue weighted by molar-refractivity contribution is 5.77. The summed E-state index contributed by atoms with van der Waals surface area (Å²) in [6, 6.07) is -0.318. The number of nitrogens with one attached hydrogen (secondary N) is 1. The Morgan fingerprint density at radius 3 is 2.72 bits per heavy atom. The average molecular weight is 259 g/mol. The number of primary amides is 1. The molecule has 1 atom stereocenters. The third kappa shape index (κ3) is 4.58. The van der Waals surface area contributed by atoms with Gasteiger partial charge >= 0.3 is 12.0 Å². The second-order valence-electron chi connectivity index (χ2n) is 4.02. The Balaban J connectivity index is 2.14. The number of ether oxygens (including phenoxy) is 1. The molecule has 4 N–H and O–H groups in total. The quantitative estimate of drug-likeness (QED) is 0.507. The number of hydrogen-bond acceptors (Lipinski definition) is 4. The van der Waals surface area contributed by atoms with Crippen LogP contribution in [0, 0.1) is 5.92 Å².